The predicted octanol–water partition coefficient (Wildman–Crippen LogP) is 2.55. The molecule has 0 bridgehead atoms. The number of hydrogen-bond acceptors (Lipinski definition) is 5. The summed E-state index contributed by atoms with van der Waals surface area (Å²) in [5, 5.41) is 2.89. The van der Waals surface area contributed by atoms with Crippen molar-refractivity contribution < 1.29 is 23.9 Å². The van der Waals surface area contributed by atoms with Crippen molar-refractivity contribution >= 4 is 17.8 Å². The lowest BCUT2D eigenvalue weighted by Gasteiger charge is -2.36. The second kappa shape index (κ2) is 8.93. The van der Waals surface area contributed by atoms with Crippen molar-refractivity contribution in [1.82, 2.24) is 15.1 Å². The Kier molecular flexibility index (Phi) is 6.53. The molecule has 3 rings (SSSR count). The van der Waals surface area contributed by atoms with E-state index in [-0.39, 0.29) is 24.3 Å². The Labute approximate surface area is 177 Å². The van der Waals surface area contributed by atoms with Gasteiger partial charge in [0, 0.05) is 13.1 Å². The van der Waals surface area contributed by atoms with Crippen LogP contribution < -0.4 is 14.8 Å². The van der Waals surface area contributed by atoms with Crippen molar-refractivity contribution in [3.05, 3.63) is 23.8 Å². The van der Waals surface area contributed by atoms with Gasteiger partial charge in [-0.25, -0.2) is 4.79 Å². The summed E-state index contributed by atoms with van der Waals surface area (Å²) >= 11 is 0. The fraction of sp³-hybridized carbons (Fsp3) is 0.591. The SMILES string of the molecule is CCN(Cc1ccc(OC)c(OC)c1)C(=O)CN1C(=O)N[C@]2(CCCC[C@H]2C)C1=O. The Hall–Kier alpha value is -2.77. The van der Waals surface area contributed by atoms with Crippen molar-refractivity contribution in [1.29, 1.82) is 0 Å². The average Bonchev–Trinajstić information content (AvgIpc) is 2.98. The molecule has 0 radical (unpaired) electrons. The first-order valence-corrected chi connectivity index (χ1v) is 10.5. The van der Waals surface area contributed by atoms with Crippen molar-refractivity contribution in [2.24, 2.45) is 5.92 Å². The van der Waals surface area contributed by atoms with Crippen molar-refractivity contribution in [3.8, 4) is 11.5 Å². The molecule has 1 saturated carbocycles. The number of methoxy groups -OCH3 is 2. The van der Waals surface area contributed by atoms with Gasteiger partial charge in [0.05, 0.1) is 14.2 Å². The smallest absolute Gasteiger partial charge is 0.325 e. The molecule has 8 nitrogen and oxygen atoms in total. The lowest BCUT2D eigenvalue weighted by atomic mass is 9.73. The topological polar surface area (TPSA) is 88.2 Å². The molecule has 0 aromatic heterocycles. The van der Waals surface area contributed by atoms with Gasteiger partial charge in [0.25, 0.3) is 5.91 Å². The van der Waals surface area contributed by atoms with Gasteiger partial charge in [-0.05, 0) is 43.4 Å². The maximum atomic E-state index is 13.1. The molecule has 2 atom stereocenters. The monoisotopic (exact) mass is 417 g/mol. The van der Waals surface area contributed by atoms with E-state index in [2.05, 4.69) is 5.32 Å². The van der Waals surface area contributed by atoms with Crippen LogP contribution in [0.25, 0.3) is 0 Å². The number of carbonyl (C=O) groups excluding carboxylic acids is 3. The van der Waals surface area contributed by atoms with Gasteiger partial charge in [-0.2, -0.15) is 0 Å². The third kappa shape index (κ3) is 3.95. The Morgan fingerprint density at radius 3 is 2.60 bits per heavy atom. The van der Waals surface area contributed by atoms with Crippen LogP contribution in [0.15, 0.2) is 18.2 Å². The van der Waals surface area contributed by atoms with E-state index in [4.69, 9.17) is 9.47 Å². The normalized spacial score (nSPS) is 23.5. The van der Waals surface area contributed by atoms with E-state index in [1.807, 2.05) is 26.0 Å². The second-order valence-electron chi connectivity index (χ2n) is 8.04. The highest BCUT2D eigenvalue weighted by Gasteiger charge is 2.55. The zero-order valence-electron chi connectivity index (χ0n) is 18.2. The van der Waals surface area contributed by atoms with Gasteiger partial charge < -0.3 is 19.7 Å². The van der Waals surface area contributed by atoms with Crippen LogP contribution in [-0.2, 0) is 16.1 Å². The summed E-state index contributed by atoms with van der Waals surface area (Å²) in [7, 11) is 3.13. The Balaban J connectivity index is 1.71. The van der Waals surface area contributed by atoms with E-state index in [0.717, 1.165) is 29.7 Å². The third-order valence-corrected chi connectivity index (χ3v) is 6.35. The van der Waals surface area contributed by atoms with Gasteiger partial charge in [-0.15, -0.1) is 0 Å². The molecular weight excluding hydrogens is 386 g/mol. The molecule has 8 heteroatoms. The molecule has 1 aliphatic carbocycles. The molecule has 1 aromatic carbocycles. The van der Waals surface area contributed by atoms with Gasteiger partial charge in [0.1, 0.15) is 12.1 Å². The van der Waals surface area contributed by atoms with E-state index < -0.39 is 11.6 Å². The van der Waals surface area contributed by atoms with Crippen LogP contribution in [0.5, 0.6) is 11.5 Å². The van der Waals surface area contributed by atoms with E-state index in [1.54, 1.807) is 25.2 Å². The highest BCUT2D eigenvalue weighted by Crippen LogP contribution is 2.38. The third-order valence-electron chi connectivity index (χ3n) is 6.35. The number of ether oxygens (including phenoxy) is 2. The maximum absolute atomic E-state index is 13.1. The number of benzene rings is 1. The summed E-state index contributed by atoms with van der Waals surface area (Å²) in [6, 6.07) is 5.01. The van der Waals surface area contributed by atoms with Crippen molar-refractivity contribution in [2.45, 2.75) is 51.6 Å². The fourth-order valence-electron chi connectivity index (χ4n) is 4.45. The minimum Gasteiger partial charge on any atom is -0.493 e. The van der Waals surface area contributed by atoms with Gasteiger partial charge in [0.15, 0.2) is 11.5 Å². The molecule has 4 amide bonds. The lowest BCUT2D eigenvalue weighted by molar-refractivity contribution is -0.140. The van der Waals surface area contributed by atoms with Gasteiger partial charge in [-0.3, -0.25) is 14.5 Å². The number of urea groups is 1. The molecule has 1 aromatic rings. The largest absolute Gasteiger partial charge is 0.493 e. The number of carbonyl (C=O) groups is 3. The summed E-state index contributed by atoms with van der Waals surface area (Å²) < 4.78 is 10.6. The number of amides is 4. The van der Waals surface area contributed by atoms with Crippen LogP contribution in [0.4, 0.5) is 4.79 Å². The summed E-state index contributed by atoms with van der Waals surface area (Å²) in [5.74, 6) is 0.728. The summed E-state index contributed by atoms with van der Waals surface area (Å²) in [4.78, 5) is 41.3. The highest BCUT2D eigenvalue weighted by atomic mass is 16.5. The average molecular weight is 418 g/mol. The first kappa shape index (κ1) is 21.9. The quantitative estimate of drug-likeness (QED) is 0.689. The number of imide groups is 1. The van der Waals surface area contributed by atoms with Crippen molar-refractivity contribution in [3.63, 3.8) is 0 Å². The van der Waals surface area contributed by atoms with E-state index >= 15 is 0 Å². The number of rotatable bonds is 7. The van der Waals surface area contributed by atoms with Crippen LogP contribution in [-0.4, -0.2) is 60.5 Å². The molecule has 164 valence electrons. The molecule has 2 aliphatic rings. The van der Waals surface area contributed by atoms with Crippen LogP contribution in [0.3, 0.4) is 0 Å². The van der Waals surface area contributed by atoms with Crippen LogP contribution >= 0.6 is 0 Å². The molecule has 2 fully saturated rings. The van der Waals surface area contributed by atoms with Gasteiger partial charge in [0.2, 0.25) is 5.91 Å². The van der Waals surface area contributed by atoms with E-state index in [9.17, 15) is 14.4 Å². The lowest BCUT2D eigenvalue weighted by Crippen LogP contribution is -2.54. The fourth-order valence-corrected chi connectivity index (χ4v) is 4.45. The Morgan fingerprint density at radius 1 is 1.23 bits per heavy atom. The zero-order valence-corrected chi connectivity index (χ0v) is 18.2. The summed E-state index contributed by atoms with van der Waals surface area (Å²) in [6.45, 7) is 4.42. The Morgan fingerprint density at radius 2 is 1.97 bits per heavy atom. The Bertz CT molecular complexity index is 827. The number of hydrogen-bond donors (Lipinski definition) is 1. The number of nitrogens with one attached hydrogen (secondary N) is 1. The molecule has 1 spiro atoms. The minimum absolute atomic E-state index is 0.0665. The standard InChI is InChI=1S/C22H31N3O5/c1-5-24(13-16-9-10-17(29-3)18(12-16)30-4)19(26)14-25-20(27)22(23-21(25)28)11-7-6-8-15(22)2/h9-10,12,15H,5-8,11,13-14H2,1-4H3,(H,23,28)/t15-,22+/m1/s1. The van der Waals surface area contributed by atoms with Crippen molar-refractivity contribution in [2.75, 3.05) is 27.3 Å². The molecule has 1 N–H and O–H groups in total. The van der Waals surface area contributed by atoms with E-state index in [1.165, 1.54) is 0 Å². The summed E-state index contributed by atoms with van der Waals surface area (Å²) in [5.41, 5.74) is 0.0214. The predicted molar refractivity (Wildman–Crippen MR) is 111 cm³/mol. The van der Waals surface area contributed by atoms with Crippen LogP contribution in [0.2, 0.25) is 0 Å². The highest BCUT2D eigenvalue weighted by molar-refractivity contribution is 6.09. The van der Waals surface area contributed by atoms with E-state index in [0.29, 0.717) is 31.0 Å². The first-order valence-electron chi connectivity index (χ1n) is 10.5. The minimum atomic E-state index is -0.851. The molecule has 1 saturated heterocycles. The molecule has 30 heavy (non-hydrogen) atoms. The molecule has 0 unspecified atom stereocenters. The van der Waals surface area contributed by atoms with Gasteiger partial charge >= 0.3 is 6.03 Å². The number of likely N-dealkylation sites (N-methyl/N-ethyl adjacent to an activating group) is 1. The van der Waals surface area contributed by atoms with Crippen LogP contribution in [0.1, 0.15) is 45.1 Å². The second-order valence-corrected chi connectivity index (χ2v) is 8.04. The summed E-state index contributed by atoms with van der Waals surface area (Å²) in [6.07, 6.45) is 3.49. The van der Waals surface area contributed by atoms with Crippen LogP contribution in [0, 0.1) is 5.92 Å². The zero-order chi connectivity index (χ0) is 21.9. The number of nitrogens with zero attached hydrogens (tertiary/aromatic N) is 2. The maximum Gasteiger partial charge on any atom is 0.325 e. The molecule has 1 aliphatic heterocycles. The molecular formula is C22H31N3O5. The molecule has 1 heterocycles. The first-order chi connectivity index (χ1) is 14.4. The van der Waals surface area contributed by atoms with Gasteiger partial charge in [-0.1, -0.05) is 25.8 Å².